The number of benzene rings is 2. The zero-order valence-corrected chi connectivity index (χ0v) is 34.5. The highest BCUT2D eigenvalue weighted by Gasteiger charge is 2.41. The summed E-state index contributed by atoms with van der Waals surface area (Å²) in [4.78, 5) is 21.0. The number of hydrogen-bond donors (Lipinski definition) is 1. The molecule has 4 aliphatic heterocycles. The summed E-state index contributed by atoms with van der Waals surface area (Å²) in [6.45, 7) is 11.3. The van der Waals surface area contributed by atoms with Gasteiger partial charge in [-0.05, 0) is 117 Å². The van der Waals surface area contributed by atoms with E-state index in [1.54, 1.807) is 17.3 Å². The Kier molecular flexibility index (Phi) is 12.2. The minimum atomic E-state index is -3.92. The number of nitrogens with zero attached hydrogens (tertiary/aromatic N) is 4. The van der Waals surface area contributed by atoms with Crippen LogP contribution in [0.25, 0.3) is 0 Å². The molecule has 11 nitrogen and oxygen atoms in total. The molecule has 4 heterocycles. The van der Waals surface area contributed by atoms with E-state index in [-0.39, 0.29) is 12.0 Å². The van der Waals surface area contributed by atoms with Crippen molar-refractivity contribution in [1.82, 2.24) is 18.8 Å². The lowest BCUT2D eigenvalue weighted by Crippen LogP contribution is -2.63. The van der Waals surface area contributed by atoms with Crippen molar-refractivity contribution >= 4 is 43.2 Å². The molecule has 6 atom stereocenters. The van der Waals surface area contributed by atoms with Gasteiger partial charge in [-0.3, -0.25) is 9.69 Å². The van der Waals surface area contributed by atoms with Gasteiger partial charge in [0.15, 0.2) is 0 Å². The molecule has 2 aromatic carbocycles. The maximum absolute atomic E-state index is 13.6. The number of carbonyl (C=O) groups excluding carboxylic acids is 1. The van der Waals surface area contributed by atoms with Crippen LogP contribution in [-0.2, 0) is 33.1 Å². The molecule has 14 heteroatoms. The molecule has 2 aromatic rings. The summed E-state index contributed by atoms with van der Waals surface area (Å²) in [6, 6.07) is 11.5. The Labute approximate surface area is 327 Å². The van der Waals surface area contributed by atoms with Gasteiger partial charge in [0.2, 0.25) is 20.0 Å². The van der Waals surface area contributed by atoms with Gasteiger partial charge in [0, 0.05) is 75.5 Å². The van der Waals surface area contributed by atoms with Crippen LogP contribution in [0.5, 0.6) is 5.75 Å². The summed E-state index contributed by atoms with van der Waals surface area (Å²) in [5, 5.41) is -0.0128. The highest BCUT2D eigenvalue weighted by molar-refractivity contribution is 7.90. The van der Waals surface area contributed by atoms with Crippen LogP contribution in [0.15, 0.2) is 36.4 Å². The van der Waals surface area contributed by atoms with E-state index in [9.17, 15) is 21.6 Å². The average molecular weight is 805 g/mol. The zero-order valence-electron chi connectivity index (χ0n) is 32.1. The van der Waals surface area contributed by atoms with Gasteiger partial charge >= 0.3 is 0 Å². The topological polar surface area (TPSA) is 120 Å². The molecule has 0 unspecified atom stereocenters. The fourth-order valence-electron chi connectivity index (χ4n) is 9.56. The number of anilines is 1. The lowest BCUT2D eigenvalue weighted by atomic mass is 9.65. The molecule has 1 amide bonds. The molecule has 0 spiro atoms. The quantitative estimate of drug-likeness (QED) is 0.445. The van der Waals surface area contributed by atoms with Gasteiger partial charge in [0.05, 0.1) is 17.2 Å². The predicted octanol–water partition coefficient (Wildman–Crippen LogP) is 5.23. The Morgan fingerprint density at radius 3 is 2.48 bits per heavy atom. The number of nitrogens with one attached hydrogen (secondary N) is 1. The Balaban J connectivity index is 1.18. The number of piperazine rings is 2. The summed E-state index contributed by atoms with van der Waals surface area (Å²) in [7, 11) is -7.15. The van der Waals surface area contributed by atoms with Crippen LogP contribution in [-0.4, -0.2) is 113 Å². The summed E-state index contributed by atoms with van der Waals surface area (Å²) >= 11 is 6.40. The highest BCUT2D eigenvalue weighted by atomic mass is 35.5. The van der Waals surface area contributed by atoms with Crippen LogP contribution in [0.4, 0.5) is 5.69 Å². The second-order valence-electron chi connectivity index (χ2n) is 16.7. The number of halogens is 1. The molecule has 0 radical (unpaired) electrons. The Morgan fingerprint density at radius 1 is 0.889 bits per heavy atom. The second-order valence-corrected chi connectivity index (χ2v) is 21.2. The number of rotatable bonds is 3. The molecular weight excluding hydrogens is 746 g/mol. The monoisotopic (exact) mass is 803 g/mol. The minimum Gasteiger partial charge on any atom is -0.487 e. The first-order chi connectivity index (χ1) is 25.7. The number of amides is 1. The summed E-state index contributed by atoms with van der Waals surface area (Å²) < 4.78 is 62.6. The Bertz CT molecular complexity index is 1900. The molecular formula is C40H58ClN5O6S2. The maximum atomic E-state index is 13.6. The van der Waals surface area contributed by atoms with E-state index < -0.39 is 31.2 Å². The van der Waals surface area contributed by atoms with Crippen molar-refractivity contribution in [3.05, 3.63) is 58.1 Å². The van der Waals surface area contributed by atoms with E-state index >= 15 is 0 Å². The third kappa shape index (κ3) is 9.07. The van der Waals surface area contributed by atoms with E-state index in [4.69, 9.17) is 16.3 Å². The number of hydrogen-bond acceptors (Lipinski definition) is 9. The molecule has 5 aliphatic rings. The van der Waals surface area contributed by atoms with Crippen LogP contribution in [0.2, 0.25) is 5.02 Å². The van der Waals surface area contributed by atoms with Gasteiger partial charge < -0.3 is 14.5 Å². The van der Waals surface area contributed by atoms with Crippen molar-refractivity contribution in [2.75, 3.05) is 70.1 Å². The fraction of sp³-hybridized carbons (Fsp3) is 0.675. The molecule has 298 valence electrons. The molecule has 54 heavy (non-hydrogen) atoms. The lowest BCUT2D eigenvalue weighted by molar-refractivity contribution is 0.00875. The van der Waals surface area contributed by atoms with E-state index in [1.165, 1.54) is 11.8 Å². The first-order valence-corrected chi connectivity index (χ1v) is 23.8. The summed E-state index contributed by atoms with van der Waals surface area (Å²) in [5.74, 6) is 1.39. The summed E-state index contributed by atoms with van der Waals surface area (Å²) in [6.07, 6.45) is 9.14. The first kappa shape index (κ1) is 39.8. The standard InChI is InChI=1S/C40H58ClN5O6S2/c1-28-7-6-9-32(23-43-17-18-44-19-20-46(53(3,48)49)26-36(44)25-43)37-14-11-33(37)24-45-16-5-4-8-30-21-35(41)13-10-34(30)27-52-39-15-12-31(22-38(39)45)40(47)42-54(50,51)29(28)2/h10,12-13,15,21-22,28-29,32-33,36-37H,4-9,11,14,16-20,23-27H2,1-3H3,(H,42,47)/t28-,29+,32-,33-,36+,37-/m0/s1. The predicted molar refractivity (Wildman–Crippen MR) is 214 cm³/mol. The Hall–Kier alpha value is -2.42. The van der Waals surface area contributed by atoms with Crippen molar-refractivity contribution in [2.45, 2.75) is 83.1 Å². The molecule has 1 N–H and O–H groups in total. The van der Waals surface area contributed by atoms with Crippen LogP contribution in [0, 0.1) is 23.7 Å². The van der Waals surface area contributed by atoms with Gasteiger partial charge in [-0.1, -0.05) is 31.0 Å². The van der Waals surface area contributed by atoms with Crippen molar-refractivity contribution < 1.29 is 26.4 Å². The molecule has 0 aromatic heterocycles. The average Bonchev–Trinajstić information content (AvgIpc) is 3.14. The van der Waals surface area contributed by atoms with E-state index in [0.29, 0.717) is 53.8 Å². The number of carbonyl (C=O) groups is 1. The van der Waals surface area contributed by atoms with Gasteiger partial charge in [-0.25, -0.2) is 21.6 Å². The minimum absolute atomic E-state index is 0.122. The third-order valence-electron chi connectivity index (χ3n) is 13.2. The van der Waals surface area contributed by atoms with Crippen LogP contribution >= 0.6 is 11.6 Å². The number of aryl methyl sites for hydroxylation is 1. The molecule has 1 saturated carbocycles. The van der Waals surface area contributed by atoms with Crippen LogP contribution < -0.4 is 14.4 Å². The van der Waals surface area contributed by atoms with Gasteiger partial charge in [-0.15, -0.1) is 0 Å². The maximum Gasteiger partial charge on any atom is 0.264 e. The normalized spacial score (nSPS) is 30.7. The van der Waals surface area contributed by atoms with Crippen LogP contribution in [0.1, 0.15) is 80.3 Å². The van der Waals surface area contributed by atoms with Gasteiger partial charge in [0.25, 0.3) is 5.91 Å². The van der Waals surface area contributed by atoms with Crippen molar-refractivity contribution in [3.8, 4) is 5.75 Å². The van der Waals surface area contributed by atoms with Gasteiger partial charge in [0.1, 0.15) is 12.4 Å². The third-order valence-corrected chi connectivity index (χ3v) is 16.7. The number of ether oxygens (including phenoxy) is 1. The largest absolute Gasteiger partial charge is 0.487 e. The molecule has 2 bridgehead atoms. The smallest absolute Gasteiger partial charge is 0.264 e. The second kappa shape index (κ2) is 16.6. The SMILES string of the molecule is C[C@@H]1[C@@H](C)CCC[C@@H](CN2CCN3CCN(S(C)(=O)=O)C[C@H]3C2)[C@@H]2CC[C@H]2CN2CCCCc3cc(Cl)ccc3COc3ccc(cc32)C(=O)NS1(=O)=O. The first-order valence-electron chi connectivity index (χ1n) is 20.0. The molecule has 7 rings (SSSR count). The number of sulfonamides is 2. The van der Waals surface area contributed by atoms with Crippen molar-refractivity contribution in [2.24, 2.45) is 23.7 Å². The van der Waals surface area contributed by atoms with Crippen molar-refractivity contribution in [1.29, 1.82) is 0 Å². The molecule has 3 fully saturated rings. The van der Waals surface area contributed by atoms with Crippen LogP contribution in [0.3, 0.4) is 0 Å². The highest BCUT2D eigenvalue weighted by Crippen LogP contribution is 2.45. The number of fused-ring (bicyclic) bond motifs is 4. The van der Waals surface area contributed by atoms with Crippen molar-refractivity contribution in [3.63, 3.8) is 0 Å². The van der Waals surface area contributed by atoms with Gasteiger partial charge in [-0.2, -0.15) is 4.31 Å². The lowest BCUT2D eigenvalue weighted by Gasteiger charge is -2.49. The summed E-state index contributed by atoms with van der Waals surface area (Å²) in [5.41, 5.74) is 3.41. The van der Waals surface area contributed by atoms with E-state index in [2.05, 4.69) is 19.4 Å². The molecule has 2 saturated heterocycles. The van der Waals surface area contributed by atoms with E-state index in [0.717, 1.165) is 108 Å². The Morgan fingerprint density at radius 2 is 1.70 bits per heavy atom. The zero-order chi connectivity index (χ0) is 38.2. The fourth-order valence-corrected chi connectivity index (χ4v) is 11.9. The van der Waals surface area contributed by atoms with E-state index in [1.807, 2.05) is 37.3 Å². The molecule has 1 aliphatic carbocycles.